The summed E-state index contributed by atoms with van der Waals surface area (Å²) in [5, 5.41) is 3.45. The molecule has 0 bridgehead atoms. The maximum atomic E-state index is 5.36. The van der Waals surface area contributed by atoms with Crippen LogP contribution in [-0.2, 0) is 0 Å². The fourth-order valence-corrected chi connectivity index (χ4v) is 1.48. The normalized spacial score (nSPS) is 11.4. The van der Waals surface area contributed by atoms with Gasteiger partial charge in [-0.25, -0.2) is 9.97 Å². The van der Waals surface area contributed by atoms with E-state index in [2.05, 4.69) is 41.0 Å². The molecule has 0 radical (unpaired) electrons. The minimum Gasteiger partial charge on any atom is -0.478 e. The van der Waals surface area contributed by atoms with Crippen LogP contribution in [0.25, 0.3) is 0 Å². The van der Waals surface area contributed by atoms with Crippen molar-refractivity contribution in [3.8, 4) is 5.88 Å². The highest BCUT2D eigenvalue weighted by Gasteiger charge is 2.09. The number of nitrogens with zero attached hydrogens (tertiary/aromatic N) is 3. The van der Waals surface area contributed by atoms with E-state index in [0.29, 0.717) is 12.5 Å². The summed E-state index contributed by atoms with van der Waals surface area (Å²) in [5.74, 6) is 1.50. The fraction of sp³-hybridized carbons (Fsp3) is 0.692. The topological polar surface area (TPSA) is 50.3 Å². The van der Waals surface area contributed by atoms with Gasteiger partial charge in [0.1, 0.15) is 12.1 Å². The van der Waals surface area contributed by atoms with Gasteiger partial charge in [0.15, 0.2) is 0 Å². The van der Waals surface area contributed by atoms with Crippen molar-refractivity contribution in [2.24, 2.45) is 0 Å². The van der Waals surface area contributed by atoms with Gasteiger partial charge in [0.2, 0.25) is 5.88 Å². The van der Waals surface area contributed by atoms with Crippen LogP contribution in [0.1, 0.15) is 27.7 Å². The quantitative estimate of drug-likeness (QED) is 0.835. The lowest BCUT2D eigenvalue weighted by Crippen LogP contribution is -2.40. The Morgan fingerprint density at radius 2 is 2.06 bits per heavy atom. The van der Waals surface area contributed by atoms with E-state index >= 15 is 0 Å². The predicted molar refractivity (Wildman–Crippen MR) is 74.2 cm³/mol. The Kier molecular flexibility index (Phi) is 5.34. The van der Waals surface area contributed by atoms with E-state index in [1.54, 1.807) is 0 Å². The van der Waals surface area contributed by atoms with Crippen molar-refractivity contribution in [3.05, 3.63) is 12.4 Å². The van der Waals surface area contributed by atoms with E-state index in [0.717, 1.165) is 18.9 Å². The van der Waals surface area contributed by atoms with E-state index in [1.807, 2.05) is 20.0 Å². The summed E-state index contributed by atoms with van der Waals surface area (Å²) in [6.45, 7) is 10.8. The monoisotopic (exact) mass is 252 g/mol. The molecule has 0 saturated carbocycles. The number of likely N-dealkylation sites (N-methyl/N-ethyl adjacent to an activating group) is 1. The Morgan fingerprint density at radius 1 is 1.33 bits per heavy atom. The molecular weight excluding hydrogens is 228 g/mol. The second kappa shape index (κ2) is 6.54. The van der Waals surface area contributed by atoms with Crippen molar-refractivity contribution in [2.75, 3.05) is 31.6 Å². The van der Waals surface area contributed by atoms with Gasteiger partial charge in [0, 0.05) is 31.7 Å². The Morgan fingerprint density at radius 3 is 2.67 bits per heavy atom. The van der Waals surface area contributed by atoms with Gasteiger partial charge in [-0.15, -0.1) is 0 Å². The third-order valence-corrected chi connectivity index (χ3v) is 2.41. The molecule has 0 aliphatic rings. The van der Waals surface area contributed by atoms with E-state index in [4.69, 9.17) is 4.74 Å². The lowest BCUT2D eigenvalue weighted by Gasteiger charge is -2.24. The number of hydrogen-bond donors (Lipinski definition) is 1. The van der Waals surface area contributed by atoms with Gasteiger partial charge < -0.3 is 15.0 Å². The zero-order valence-corrected chi connectivity index (χ0v) is 12.0. The first kappa shape index (κ1) is 14.7. The number of rotatable bonds is 6. The third kappa shape index (κ3) is 5.31. The number of nitrogens with one attached hydrogen (secondary N) is 1. The van der Waals surface area contributed by atoms with Gasteiger partial charge in [-0.1, -0.05) is 0 Å². The minimum atomic E-state index is 0.142. The molecule has 0 aliphatic heterocycles. The first-order valence-electron chi connectivity index (χ1n) is 6.33. The van der Waals surface area contributed by atoms with Crippen LogP contribution in [0.3, 0.4) is 0 Å². The average Bonchev–Trinajstić information content (AvgIpc) is 2.28. The molecule has 0 fully saturated rings. The third-order valence-electron chi connectivity index (χ3n) is 2.41. The molecule has 1 aromatic heterocycles. The van der Waals surface area contributed by atoms with Crippen molar-refractivity contribution >= 4 is 5.82 Å². The second-order valence-corrected chi connectivity index (χ2v) is 5.25. The van der Waals surface area contributed by atoms with Crippen molar-refractivity contribution < 1.29 is 4.74 Å². The molecule has 1 N–H and O–H groups in total. The molecule has 0 unspecified atom stereocenters. The van der Waals surface area contributed by atoms with Gasteiger partial charge in [0.05, 0.1) is 6.61 Å². The number of ether oxygens (including phenoxy) is 1. The minimum absolute atomic E-state index is 0.142. The Labute approximate surface area is 110 Å². The fourth-order valence-electron chi connectivity index (χ4n) is 1.48. The van der Waals surface area contributed by atoms with E-state index in [9.17, 15) is 0 Å². The number of anilines is 1. The first-order valence-corrected chi connectivity index (χ1v) is 6.33. The molecule has 5 nitrogen and oxygen atoms in total. The molecule has 0 saturated heterocycles. The van der Waals surface area contributed by atoms with Crippen molar-refractivity contribution in [1.82, 2.24) is 15.3 Å². The van der Waals surface area contributed by atoms with Crippen molar-refractivity contribution in [2.45, 2.75) is 33.2 Å². The molecule has 0 spiro atoms. The summed E-state index contributed by atoms with van der Waals surface area (Å²) >= 11 is 0. The van der Waals surface area contributed by atoms with Crippen LogP contribution in [0, 0.1) is 0 Å². The summed E-state index contributed by atoms with van der Waals surface area (Å²) in [6.07, 6.45) is 1.54. The van der Waals surface area contributed by atoms with Crippen LogP contribution >= 0.6 is 0 Å². The summed E-state index contributed by atoms with van der Waals surface area (Å²) in [6, 6.07) is 1.86. The van der Waals surface area contributed by atoms with E-state index in [1.165, 1.54) is 6.33 Å². The average molecular weight is 252 g/mol. The molecule has 0 amide bonds. The van der Waals surface area contributed by atoms with Crippen LogP contribution < -0.4 is 15.0 Å². The van der Waals surface area contributed by atoms with Crippen LogP contribution in [0.15, 0.2) is 12.4 Å². The highest BCUT2D eigenvalue weighted by atomic mass is 16.5. The molecule has 1 rings (SSSR count). The van der Waals surface area contributed by atoms with Gasteiger partial charge in [0.25, 0.3) is 0 Å². The van der Waals surface area contributed by atoms with Gasteiger partial charge >= 0.3 is 0 Å². The largest absolute Gasteiger partial charge is 0.478 e. The summed E-state index contributed by atoms with van der Waals surface area (Å²) in [4.78, 5) is 10.4. The maximum Gasteiger partial charge on any atom is 0.218 e. The zero-order chi connectivity index (χ0) is 13.6. The summed E-state index contributed by atoms with van der Waals surface area (Å²) < 4.78 is 5.36. The van der Waals surface area contributed by atoms with Gasteiger partial charge in [-0.05, 0) is 27.7 Å². The standard InChI is InChI=1S/C13H24N4O/c1-6-18-12-9-11(14-10-15-12)17(5)8-7-16-13(2,3)4/h9-10,16H,6-8H2,1-5H3. The Balaban J connectivity index is 2.50. The summed E-state index contributed by atoms with van der Waals surface area (Å²) in [7, 11) is 2.02. The van der Waals surface area contributed by atoms with Crippen LogP contribution in [0.4, 0.5) is 5.82 Å². The molecule has 1 heterocycles. The molecule has 102 valence electrons. The highest BCUT2D eigenvalue weighted by Crippen LogP contribution is 2.13. The number of hydrogen-bond acceptors (Lipinski definition) is 5. The second-order valence-electron chi connectivity index (χ2n) is 5.25. The molecule has 0 atom stereocenters. The summed E-state index contributed by atoms with van der Waals surface area (Å²) in [5.41, 5.74) is 0.142. The Hall–Kier alpha value is -1.36. The lowest BCUT2D eigenvalue weighted by molar-refractivity contribution is 0.326. The van der Waals surface area contributed by atoms with Crippen LogP contribution in [-0.4, -0.2) is 42.3 Å². The van der Waals surface area contributed by atoms with Crippen molar-refractivity contribution in [1.29, 1.82) is 0 Å². The first-order chi connectivity index (χ1) is 8.42. The molecular formula is C13H24N4O. The lowest BCUT2D eigenvalue weighted by atomic mass is 10.1. The molecule has 18 heavy (non-hydrogen) atoms. The number of aromatic nitrogens is 2. The zero-order valence-electron chi connectivity index (χ0n) is 12.0. The van der Waals surface area contributed by atoms with E-state index < -0.39 is 0 Å². The smallest absolute Gasteiger partial charge is 0.218 e. The predicted octanol–water partition coefficient (Wildman–Crippen LogP) is 1.70. The Bertz CT molecular complexity index is 362. The SMILES string of the molecule is CCOc1cc(N(C)CCNC(C)(C)C)ncn1. The highest BCUT2D eigenvalue weighted by molar-refractivity contribution is 5.39. The van der Waals surface area contributed by atoms with Crippen LogP contribution in [0.5, 0.6) is 5.88 Å². The molecule has 1 aromatic rings. The molecule has 5 heteroatoms. The van der Waals surface area contributed by atoms with Gasteiger partial charge in [-0.3, -0.25) is 0 Å². The van der Waals surface area contributed by atoms with Crippen LogP contribution in [0.2, 0.25) is 0 Å². The molecule has 0 aromatic carbocycles. The molecule has 0 aliphatic carbocycles. The maximum absolute atomic E-state index is 5.36. The van der Waals surface area contributed by atoms with Crippen molar-refractivity contribution in [3.63, 3.8) is 0 Å². The van der Waals surface area contributed by atoms with E-state index in [-0.39, 0.29) is 5.54 Å². The van der Waals surface area contributed by atoms with Gasteiger partial charge in [-0.2, -0.15) is 0 Å².